The summed E-state index contributed by atoms with van der Waals surface area (Å²) >= 11 is 1.61. The number of carbonyl (C=O) groups is 3. The summed E-state index contributed by atoms with van der Waals surface area (Å²) in [5, 5.41) is 0.582. The molecule has 1 rings (SSSR count). The lowest BCUT2D eigenvalue weighted by molar-refractivity contribution is -0.197. The SMILES string of the molecule is CCSCCC(=O)ON1C(=O)CCC1=O. The monoisotopic (exact) mass is 231 g/mol. The van der Waals surface area contributed by atoms with E-state index < -0.39 is 17.8 Å². The van der Waals surface area contributed by atoms with Gasteiger partial charge in [-0.1, -0.05) is 6.92 Å². The smallest absolute Gasteiger partial charge is 0.330 e. The number of thioether (sulfide) groups is 1. The molecule has 1 aliphatic heterocycles. The van der Waals surface area contributed by atoms with Gasteiger partial charge in [-0.15, -0.1) is 5.06 Å². The van der Waals surface area contributed by atoms with E-state index in [2.05, 4.69) is 4.84 Å². The fraction of sp³-hybridized carbons (Fsp3) is 0.667. The van der Waals surface area contributed by atoms with Crippen molar-refractivity contribution in [2.45, 2.75) is 26.2 Å². The molecule has 0 aromatic heterocycles. The zero-order chi connectivity index (χ0) is 11.3. The number of hydrogen-bond acceptors (Lipinski definition) is 5. The highest BCUT2D eigenvalue weighted by Gasteiger charge is 2.32. The second-order valence-electron chi connectivity index (χ2n) is 2.99. The maximum atomic E-state index is 11.2. The van der Waals surface area contributed by atoms with Gasteiger partial charge < -0.3 is 4.84 Å². The Morgan fingerprint density at radius 1 is 1.40 bits per heavy atom. The average molecular weight is 231 g/mol. The van der Waals surface area contributed by atoms with E-state index in [0.29, 0.717) is 10.8 Å². The molecule has 84 valence electrons. The van der Waals surface area contributed by atoms with Crippen LogP contribution in [0.1, 0.15) is 26.2 Å². The van der Waals surface area contributed by atoms with Crippen molar-refractivity contribution in [3.05, 3.63) is 0 Å². The van der Waals surface area contributed by atoms with Gasteiger partial charge in [-0.25, -0.2) is 4.79 Å². The molecular weight excluding hydrogens is 218 g/mol. The van der Waals surface area contributed by atoms with Crippen LogP contribution in [0.25, 0.3) is 0 Å². The van der Waals surface area contributed by atoms with Crippen molar-refractivity contribution in [1.82, 2.24) is 5.06 Å². The molecule has 1 fully saturated rings. The Balaban J connectivity index is 2.31. The first-order valence-corrected chi connectivity index (χ1v) is 5.95. The molecule has 15 heavy (non-hydrogen) atoms. The van der Waals surface area contributed by atoms with Crippen molar-refractivity contribution in [3.8, 4) is 0 Å². The lowest BCUT2D eigenvalue weighted by atomic mass is 10.4. The van der Waals surface area contributed by atoms with E-state index in [4.69, 9.17) is 0 Å². The molecule has 0 spiro atoms. The van der Waals surface area contributed by atoms with Gasteiger partial charge in [0.05, 0.1) is 6.42 Å². The summed E-state index contributed by atoms with van der Waals surface area (Å²) in [4.78, 5) is 38.0. The van der Waals surface area contributed by atoms with E-state index in [1.54, 1.807) is 11.8 Å². The Labute approximate surface area is 92.1 Å². The predicted molar refractivity (Wildman–Crippen MR) is 54.8 cm³/mol. The van der Waals surface area contributed by atoms with Crippen molar-refractivity contribution < 1.29 is 19.2 Å². The Morgan fingerprint density at radius 2 is 2.00 bits per heavy atom. The van der Waals surface area contributed by atoms with Crippen LogP contribution in [0, 0.1) is 0 Å². The maximum Gasteiger partial charge on any atom is 0.334 e. The first-order valence-electron chi connectivity index (χ1n) is 4.79. The van der Waals surface area contributed by atoms with Gasteiger partial charge in [0.2, 0.25) is 0 Å². The fourth-order valence-corrected chi connectivity index (χ4v) is 1.70. The summed E-state index contributed by atoms with van der Waals surface area (Å²) in [7, 11) is 0. The second-order valence-corrected chi connectivity index (χ2v) is 4.39. The van der Waals surface area contributed by atoms with E-state index in [9.17, 15) is 14.4 Å². The lowest BCUT2D eigenvalue weighted by Crippen LogP contribution is -2.32. The van der Waals surface area contributed by atoms with Gasteiger partial charge >= 0.3 is 5.97 Å². The largest absolute Gasteiger partial charge is 0.334 e. The third kappa shape index (κ3) is 3.54. The van der Waals surface area contributed by atoms with Gasteiger partial charge in [0, 0.05) is 18.6 Å². The van der Waals surface area contributed by atoms with Gasteiger partial charge in [0.25, 0.3) is 11.8 Å². The number of hydrogen-bond donors (Lipinski definition) is 0. The van der Waals surface area contributed by atoms with Crippen molar-refractivity contribution in [2.24, 2.45) is 0 Å². The van der Waals surface area contributed by atoms with Crippen LogP contribution in [0.5, 0.6) is 0 Å². The molecule has 0 N–H and O–H groups in total. The predicted octanol–water partition coefficient (Wildman–Crippen LogP) is 0.737. The number of amides is 2. The molecule has 0 radical (unpaired) electrons. The molecule has 1 saturated heterocycles. The summed E-state index contributed by atoms with van der Waals surface area (Å²) in [6.45, 7) is 1.99. The quantitative estimate of drug-likeness (QED) is 0.515. The van der Waals surface area contributed by atoms with Crippen molar-refractivity contribution in [3.63, 3.8) is 0 Å². The van der Waals surface area contributed by atoms with Crippen LogP contribution >= 0.6 is 11.8 Å². The molecule has 5 nitrogen and oxygen atoms in total. The first-order chi connectivity index (χ1) is 7.15. The summed E-state index contributed by atoms with van der Waals surface area (Å²) in [6.07, 6.45) is 0.487. The van der Waals surface area contributed by atoms with Gasteiger partial charge in [-0.3, -0.25) is 9.59 Å². The fourth-order valence-electron chi connectivity index (χ4n) is 1.11. The molecule has 0 aliphatic carbocycles. The summed E-state index contributed by atoms with van der Waals surface area (Å²) < 4.78 is 0. The summed E-state index contributed by atoms with van der Waals surface area (Å²) in [5.74, 6) is 0.174. The third-order valence-electron chi connectivity index (χ3n) is 1.85. The Bertz CT molecular complexity index is 263. The average Bonchev–Trinajstić information content (AvgIpc) is 2.50. The highest BCUT2D eigenvalue weighted by molar-refractivity contribution is 7.99. The molecule has 1 aliphatic rings. The summed E-state index contributed by atoms with van der Waals surface area (Å²) in [6, 6.07) is 0. The molecule has 2 amide bonds. The van der Waals surface area contributed by atoms with Crippen molar-refractivity contribution >= 4 is 29.5 Å². The van der Waals surface area contributed by atoms with Crippen molar-refractivity contribution in [2.75, 3.05) is 11.5 Å². The van der Waals surface area contributed by atoms with E-state index in [1.165, 1.54) is 0 Å². The molecule has 0 aromatic carbocycles. The minimum atomic E-state index is -0.528. The van der Waals surface area contributed by atoms with Crippen LogP contribution in [0.2, 0.25) is 0 Å². The zero-order valence-electron chi connectivity index (χ0n) is 8.52. The molecule has 0 saturated carbocycles. The molecule has 6 heteroatoms. The highest BCUT2D eigenvalue weighted by Crippen LogP contribution is 2.13. The van der Waals surface area contributed by atoms with Gasteiger partial charge in [0.15, 0.2) is 0 Å². The maximum absolute atomic E-state index is 11.2. The van der Waals surface area contributed by atoms with Crippen LogP contribution in [-0.2, 0) is 19.2 Å². The number of nitrogens with zero attached hydrogens (tertiary/aromatic N) is 1. The van der Waals surface area contributed by atoms with Crippen LogP contribution < -0.4 is 0 Å². The zero-order valence-corrected chi connectivity index (χ0v) is 9.34. The Morgan fingerprint density at radius 3 is 2.53 bits per heavy atom. The van der Waals surface area contributed by atoms with Crippen LogP contribution in [0.4, 0.5) is 0 Å². The number of rotatable bonds is 5. The second kappa shape index (κ2) is 5.75. The minimum Gasteiger partial charge on any atom is -0.330 e. The highest BCUT2D eigenvalue weighted by atomic mass is 32.2. The number of imide groups is 1. The van der Waals surface area contributed by atoms with Gasteiger partial charge in [0.1, 0.15) is 0 Å². The van der Waals surface area contributed by atoms with Crippen molar-refractivity contribution in [1.29, 1.82) is 0 Å². The lowest BCUT2D eigenvalue weighted by Gasteiger charge is -2.12. The Hall–Kier alpha value is -1.04. The summed E-state index contributed by atoms with van der Waals surface area (Å²) in [5.41, 5.74) is 0. The number of carbonyl (C=O) groups excluding carboxylic acids is 3. The Kier molecular flexibility index (Phi) is 4.61. The standard InChI is InChI=1S/C9H13NO4S/c1-2-15-6-5-9(13)14-10-7(11)3-4-8(10)12/h2-6H2,1H3. The van der Waals surface area contributed by atoms with E-state index in [1.807, 2.05) is 6.92 Å². The molecular formula is C9H13NO4S. The molecule has 0 aromatic rings. The minimum absolute atomic E-state index is 0.135. The van der Waals surface area contributed by atoms with Gasteiger partial charge in [-0.2, -0.15) is 11.8 Å². The van der Waals surface area contributed by atoms with Crippen LogP contribution in [-0.4, -0.2) is 34.4 Å². The molecule has 1 heterocycles. The van der Waals surface area contributed by atoms with E-state index in [-0.39, 0.29) is 19.3 Å². The van der Waals surface area contributed by atoms with E-state index >= 15 is 0 Å². The van der Waals surface area contributed by atoms with Gasteiger partial charge in [-0.05, 0) is 5.75 Å². The first kappa shape index (κ1) is 12.0. The molecule has 0 atom stereocenters. The number of hydroxylamine groups is 2. The van der Waals surface area contributed by atoms with Crippen LogP contribution in [0.3, 0.4) is 0 Å². The third-order valence-corrected chi connectivity index (χ3v) is 2.75. The van der Waals surface area contributed by atoms with E-state index in [0.717, 1.165) is 5.75 Å². The molecule has 0 bridgehead atoms. The normalized spacial score (nSPS) is 15.9. The topological polar surface area (TPSA) is 63.7 Å². The van der Waals surface area contributed by atoms with Crippen LogP contribution in [0.15, 0.2) is 0 Å². The molecule has 0 unspecified atom stereocenters.